The summed E-state index contributed by atoms with van der Waals surface area (Å²) in [6.45, 7) is 1.94. The van der Waals surface area contributed by atoms with Gasteiger partial charge in [0.05, 0.1) is 6.54 Å². The number of rotatable bonds is 5. The zero-order valence-corrected chi connectivity index (χ0v) is 11.2. The van der Waals surface area contributed by atoms with E-state index in [0.29, 0.717) is 12.6 Å². The second-order valence-corrected chi connectivity index (χ2v) is 5.84. The maximum Gasteiger partial charge on any atom is 0.252 e. The van der Waals surface area contributed by atoms with Crippen LogP contribution in [0.5, 0.6) is 0 Å². The van der Waals surface area contributed by atoms with Crippen molar-refractivity contribution in [1.82, 2.24) is 20.1 Å². The minimum atomic E-state index is -1.26. The van der Waals surface area contributed by atoms with Crippen LogP contribution in [-0.4, -0.2) is 31.4 Å². The van der Waals surface area contributed by atoms with Crippen LogP contribution in [0, 0.1) is 5.92 Å². The molecule has 6 nitrogen and oxygen atoms in total. The molecule has 1 atom stereocenters. The molecule has 1 aromatic rings. The Balaban J connectivity index is 1.59. The highest BCUT2D eigenvalue weighted by Gasteiger charge is 2.42. The first kappa shape index (κ1) is 12.6. The molecule has 1 heterocycles. The number of nitrogens with zero attached hydrogens (tertiary/aromatic N) is 3. The Morgan fingerprint density at radius 3 is 2.84 bits per heavy atom. The van der Waals surface area contributed by atoms with E-state index in [0.717, 1.165) is 37.9 Å². The van der Waals surface area contributed by atoms with Crippen molar-refractivity contribution >= 4 is 5.91 Å². The third-order valence-corrected chi connectivity index (χ3v) is 4.35. The Hall–Kier alpha value is -1.43. The standard InChI is InChI=1S/C13H20N4O2/c1-13(19,9-3-2-4-9)12(18)14-7-11-16-15-8-17(11)10-5-6-10/h8-10,19H,2-7H2,1H3,(H,14,18). The fraction of sp³-hybridized carbons (Fsp3) is 0.769. The average molecular weight is 264 g/mol. The van der Waals surface area contributed by atoms with Gasteiger partial charge in [0, 0.05) is 6.04 Å². The van der Waals surface area contributed by atoms with Crippen molar-refractivity contribution in [2.24, 2.45) is 5.92 Å². The smallest absolute Gasteiger partial charge is 0.252 e. The highest BCUT2D eigenvalue weighted by molar-refractivity contribution is 5.84. The van der Waals surface area contributed by atoms with Gasteiger partial charge in [0.2, 0.25) is 0 Å². The van der Waals surface area contributed by atoms with Crippen molar-refractivity contribution in [3.05, 3.63) is 12.2 Å². The quantitative estimate of drug-likeness (QED) is 0.823. The molecule has 2 saturated carbocycles. The predicted molar refractivity (Wildman–Crippen MR) is 68.1 cm³/mol. The van der Waals surface area contributed by atoms with Gasteiger partial charge in [0.15, 0.2) is 5.82 Å². The third kappa shape index (κ3) is 2.36. The molecule has 0 aliphatic heterocycles. The van der Waals surface area contributed by atoms with E-state index in [9.17, 15) is 9.90 Å². The highest BCUT2D eigenvalue weighted by Crippen LogP contribution is 2.36. The van der Waals surface area contributed by atoms with Crippen molar-refractivity contribution in [2.75, 3.05) is 0 Å². The molecule has 0 spiro atoms. The maximum absolute atomic E-state index is 12.1. The SMILES string of the molecule is CC(O)(C(=O)NCc1nncn1C1CC1)C1CCC1. The van der Waals surface area contributed by atoms with Gasteiger partial charge in [-0.2, -0.15) is 0 Å². The van der Waals surface area contributed by atoms with Crippen LogP contribution in [0.15, 0.2) is 6.33 Å². The van der Waals surface area contributed by atoms with Crippen molar-refractivity contribution < 1.29 is 9.90 Å². The van der Waals surface area contributed by atoms with Gasteiger partial charge in [-0.15, -0.1) is 10.2 Å². The Morgan fingerprint density at radius 1 is 1.53 bits per heavy atom. The molecule has 19 heavy (non-hydrogen) atoms. The normalized spacial score (nSPS) is 22.6. The number of hydrogen-bond acceptors (Lipinski definition) is 4. The number of carbonyl (C=O) groups excluding carboxylic acids is 1. The summed E-state index contributed by atoms with van der Waals surface area (Å²) in [7, 11) is 0. The van der Waals surface area contributed by atoms with Crippen molar-refractivity contribution in [2.45, 2.75) is 57.2 Å². The maximum atomic E-state index is 12.1. The molecule has 0 aromatic carbocycles. The van der Waals surface area contributed by atoms with Crippen LogP contribution in [0.3, 0.4) is 0 Å². The van der Waals surface area contributed by atoms with Crippen LogP contribution in [0.4, 0.5) is 0 Å². The number of nitrogens with one attached hydrogen (secondary N) is 1. The number of aliphatic hydroxyl groups is 1. The van der Waals surface area contributed by atoms with Crippen LogP contribution in [-0.2, 0) is 11.3 Å². The van der Waals surface area contributed by atoms with E-state index >= 15 is 0 Å². The van der Waals surface area contributed by atoms with Gasteiger partial charge in [0.25, 0.3) is 5.91 Å². The van der Waals surface area contributed by atoms with Crippen LogP contribution in [0.1, 0.15) is 50.9 Å². The lowest BCUT2D eigenvalue weighted by molar-refractivity contribution is -0.147. The Kier molecular flexibility index (Phi) is 3.05. The summed E-state index contributed by atoms with van der Waals surface area (Å²) in [4.78, 5) is 12.1. The van der Waals surface area contributed by atoms with E-state index in [1.54, 1.807) is 13.3 Å². The Labute approximate surface area is 112 Å². The summed E-state index contributed by atoms with van der Waals surface area (Å²) in [6, 6.07) is 0.494. The van der Waals surface area contributed by atoms with E-state index in [-0.39, 0.29) is 11.8 Å². The predicted octanol–water partition coefficient (Wildman–Crippen LogP) is 0.780. The van der Waals surface area contributed by atoms with E-state index < -0.39 is 5.60 Å². The van der Waals surface area contributed by atoms with E-state index in [2.05, 4.69) is 15.5 Å². The monoisotopic (exact) mass is 264 g/mol. The molecule has 2 fully saturated rings. The minimum Gasteiger partial charge on any atom is -0.380 e. The molecule has 1 amide bonds. The average Bonchev–Trinajstić information content (AvgIpc) is 3.02. The number of amides is 1. The second-order valence-electron chi connectivity index (χ2n) is 5.84. The molecule has 0 bridgehead atoms. The first-order valence-corrected chi connectivity index (χ1v) is 6.98. The summed E-state index contributed by atoms with van der Waals surface area (Å²) in [5, 5.41) is 21.0. The zero-order chi connectivity index (χ0) is 13.5. The van der Waals surface area contributed by atoms with Gasteiger partial charge in [-0.25, -0.2) is 0 Å². The van der Waals surface area contributed by atoms with Crippen molar-refractivity contribution in [3.8, 4) is 0 Å². The van der Waals surface area contributed by atoms with E-state index in [4.69, 9.17) is 0 Å². The summed E-state index contributed by atoms with van der Waals surface area (Å²) in [5.74, 6) is 0.552. The van der Waals surface area contributed by atoms with Gasteiger partial charge >= 0.3 is 0 Å². The fourth-order valence-electron chi connectivity index (χ4n) is 2.54. The van der Waals surface area contributed by atoms with Crippen LogP contribution in [0.2, 0.25) is 0 Å². The Bertz CT molecular complexity index is 475. The summed E-state index contributed by atoms with van der Waals surface area (Å²) < 4.78 is 2.01. The van der Waals surface area contributed by atoms with Crippen LogP contribution in [0.25, 0.3) is 0 Å². The molecule has 6 heteroatoms. The fourth-order valence-corrected chi connectivity index (χ4v) is 2.54. The lowest BCUT2D eigenvalue weighted by Gasteiger charge is -2.37. The van der Waals surface area contributed by atoms with Crippen molar-refractivity contribution in [1.29, 1.82) is 0 Å². The molecule has 0 radical (unpaired) electrons. The van der Waals surface area contributed by atoms with Crippen LogP contribution < -0.4 is 5.32 Å². The first-order valence-electron chi connectivity index (χ1n) is 6.98. The topological polar surface area (TPSA) is 80.0 Å². The van der Waals surface area contributed by atoms with Gasteiger partial charge in [-0.1, -0.05) is 6.42 Å². The number of carbonyl (C=O) groups is 1. The summed E-state index contributed by atoms with van der Waals surface area (Å²) >= 11 is 0. The molecule has 3 rings (SSSR count). The van der Waals surface area contributed by atoms with Crippen molar-refractivity contribution in [3.63, 3.8) is 0 Å². The van der Waals surface area contributed by atoms with Gasteiger partial charge < -0.3 is 15.0 Å². The minimum absolute atomic E-state index is 0.0915. The highest BCUT2D eigenvalue weighted by atomic mass is 16.3. The van der Waals surface area contributed by atoms with Gasteiger partial charge in [-0.3, -0.25) is 4.79 Å². The second kappa shape index (κ2) is 4.59. The molecular weight excluding hydrogens is 244 g/mol. The summed E-state index contributed by atoms with van der Waals surface area (Å²) in [6.07, 6.45) is 6.97. The molecule has 2 N–H and O–H groups in total. The molecular formula is C13H20N4O2. The van der Waals surface area contributed by atoms with Crippen LogP contribution >= 0.6 is 0 Å². The molecule has 104 valence electrons. The number of aromatic nitrogens is 3. The lowest BCUT2D eigenvalue weighted by Crippen LogP contribution is -2.51. The summed E-state index contributed by atoms with van der Waals surface area (Å²) in [5.41, 5.74) is -1.26. The van der Waals surface area contributed by atoms with E-state index in [1.807, 2.05) is 4.57 Å². The molecule has 1 aromatic heterocycles. The van der Waals surface area contributed by atoms with E-state index in [1.165, 1.54) is 0 Å². The Morgan fingerprint density at radius 2 is 2.26 bits per heavy atom. The van der Waals surface area contributed by atoms with Gasteiger partial charge in [0.1, 0.15) is 11.9 Å². The largest absolute Gasteiger partial charge is 0.380 e. The number of hydrogen-bond donors (Lipinski definition) is 2. The molecule has 0 saturated heterocycles. The van der Waals surface area contributed by atoms with Gasteiger partial charge in [-0.05, 0) is 38.5 Å². The first-order chi connectivity index (χ1) is 9.09. The molecule has 2 aliphatic carbocycles. The third-order valence-electron chi connectivity index (χ3n) is 4.35. The zero-order valence-electron chi connectivity index (χ0n) is 11.2. The molecule has 1 unspecified atom stereocenters. The molecule has 2 aliphatic rings. The lowest BCUT2D eigenvalue weighted by atomic mass is 9.73.